The largest absolute Gasteiger partial charge is 0.490 e. The molecule has 2 aromatic heterocycles. The van der Waals surface area contributed by atoms with Crippen LogP contribution in [0.3, 0.4) is 0 Å². The Labute approximate surface area is 187 Å². The second kappa shape index (κ2) is 9.31. The number of likely N-dealkylation sites (tertiary alicyclic amines) is 1. The minimum absolute atomic E-state index is 0.0330. The summed E-state index contributed by atoms with van der Waals surface area (Å²) < 4.78 is 86.8. The highest BCUT2D eigenvalue weighted by Gasteiger charge is 2.38. The predicted octanol–water partition coefficient (Wildman–Crippen LogP) is 4.73. The lowest BCUT2D eigenvalue weighted by Gasteiger charge is -2.31. The Hall–Kier alpha value is -3.64. The number of carbonyl (C=O) groups excluding carboxylic acids is 1. The molecule has 13 heteroatoms. The van der Waals surface area contributed by atoms with Gasteiger partial charge in [0.15, 0.2) is 0 Å². The normalized spacial score (nSPS) is 13.8. The van der Waals surface area contributed by atoms with Crippen LogP contribution in [0.1, 0.15) is 12.0 Å². The van der Waals surface area contributed by atoms with E-state index in [2.05, 4.69) is 4.98 Å². The van der Waals surface area contributed by atoms with Crippen molar-refractivity contribution in [3.8, 4) is 11.1 Å². The van der Waals surface area contributed by atoms with Crippen LogP contribution in [0.2, 0.25) is 0 Å². The van der Waals surface area contributed by atoms with Gasteiger partial charge in [-0.1, -0.05) is 12.1 Å². The minimum atomic E-state index is -5.08. The summed E-state index contributed by atoms with van der Waals surface area (Å²) in [6.45, 7) is 1.58. The van der Waals surface area contributed by atoms with Crippen LogP contribution in [0.4, 0.5) is 30.7 Å². The average molecular weight is 491 g/mol. The van der Waals surface area contributed by atoms with Crippen LogP contribution < -0.4 is 0 Å². The molecule has 1 aliphatic heterocycles. The van der Waals surface area contributed by atoms with Crippen molar-refractivity contribution in [3.63, 3.8) is 0 Å². The summed E-state index contributed by atoms with van der Waals surface area (Å²) in [4.78, 5) is 27.0. The van der Waals surface area contributed by atoms with E-state index in [9.17, 15) is 35.5 Å². The lowest BCUT2D eigenvalue weighted by molar-refractivity contribution is -0.192. The first-order valence-corrected chi connectivity index (χ1v) is 9.68. The number of aromatic nitrogens is 2. The zero-order valence-electron chi connectivity index (χ0n) is 17.1. The molecule has 4 rings (SSSR count). The van der Waals surface area contributed by atoms with Gasteiger partial charge < -0.3 is 14.6 Å². The van der Waals surface area contributed by atoms with Crippen molar-refractivity contribution in [1.29, 1.82) is 0 Å². The third kappa shape index (κ3) is 5.46. The first kappa shape index (κ1) is 25.0. The molecular weight excluding hydrogens is 475 g/mol. The third-order valence-electron chi connectivity index (χ3n) is 4.99. The number of carboxylic acids is 1. The molecule has 1 N–H and O–H groups in total. The molecule has 1 aromatic carbocycles. The standard InChI is InChI=1S/C19H15F4N3O.C2HF3O2/c20-18-13(3-1-4-14(18)19(21,22)23)12-9-16-15(24-10-12)5-8-26(16)11-17(27)25-6-2-7-25;3-2(4,5)1(6)7/h1,3-5,8-10H,2,6-7,11H2;(H,6,7). The number of fused-ring (bicyclic) bond motifs is 1. The summed E-state index contributed by atoms with van der Waals surface area (Å²) in [5.74, 6) is -4.12. The fourth-order valence-electron chi connectivity index (χ4n) is 3.13. The summed E-state index contributed by atoms with van der Waals surface area (Å²) >= 11 is 0. The monoisotopic (exact) mass is 491 g/mol. The summed E-state index contributed by atoms with van der Waals surface area (Å²) in [5.41, 5.74) is -0.118. The lowest BCUT2D eigenvalue weighted by atomic mass is 10.0. The summed E-state index contributed by atoms with van der Waals surface area (Å²) in [6, 6.07) is 6.43. The summed E-state index contributed by atoms with van der Waals surface area (Å²) in [7, 11) is 0. The molecule has 1 saturated heterocycles. The van der Waals surface area contributed by atoms with Crippen LogP contribution in [-0.2, 0) is 22.3 Å². The van der Waals surface area contributed by atoms with E-state index >= 15 is 0 Å². The van der Waals surface area contributed by atoms with Crippen LogP contribution >= 0.6 is 0 Å². The van der Waals surface area contributed by atoms with Gasteiger partial charge in [0.1, 0.15) is 12.4 Å². The lowest BCUT2D eigenvalue weighted by Crippen LogP contribution is -2.43. The number of carboxylic acid groups (broad SMARTS) is 1. The van der Waals surface area contributed by atoms with Crippen LogP contribution in [0.5, 0.6) is 0 Å². The van der Waals surface area contributed by atoms with Crippen molar-refractivity contribution in [3.05, 3.63) is 54.1 Å². The number of alkyl halides is 6. The van der Waals surface area contributed by atoms with Crippen molar-refractivity contribution < 1.29 is 45.4 Å². The molecule has 3 aromatic rings. The van der Waals surface area contributed by atoms with Gasteiger partial charge in [0, 0.05) is 36.6 Å². The maximum absolute atomic E-state index is 14.4. The van der Waals surface area contributed by atoms with Gasteiger partial charge in [0.25, 0.3) is 0 Å². The molecule has 0 atom stereocenters. The molecule has 6 nitrogen and oxygen atoms in total. The molecular formula is C21H16F7N3O3. The molecule has 0 aliphatic carbocycles. The fourth-order valence-corrected chi connectivity index (χ4v) is 3.13. The molecule has 3 heterocycles. The van der Waals surface area contributed by atoms with Gasteiger partial charge in [-0.2, -0.15) is 26.3 Å². The molecule has 0 spiro atoms. The number of carbonyl (C=O) groups is 2. The van der Waals surface area contributed by atoms with E-state index in [1.165, 1.54) is 12.3 Å². The second-order valence-corrected chi connectivity index (χ2v) is 7.27. The Bertz CT molecular complexity index is 1210. The van der Waals surface area contributed by atoms with Crippen molar-refractivity contribution >= 4 is 22.9 Å². The maximum Gasteiger partial charge on any atom is 0.490 e. The highest BCUT2D eigenvalue weighted by atomic mass is 19.4. The number of hydrogen-bond acceptors (Lipinski definition) is 3. The highest BCUT2D eigenvalue weighted by Crippen LogP contribution is 2.36. The van der Waals surface area contributed by atoms with E-state index < -0.39 is 29.7 Å². The van der Waals surface area contributed by atoms with Crippen LogP contribution in [0, 0.1) is 5.82 Å². The smallest absolute Gasteiger partial charge is 0.475 e. The Morgan fingerprint density at radius 2 is 1.71 bits per heavy atom. The average Bonchev–Trinajstić information content (AvgIpc) is 3.07. The zero-order chi connectivity index (χ0) is 25.3. The number of halogens is 7. The number of benzene rings is 1. The molecule has 0 bridgehead atoms. The third-order valence-corrected chi connectivity index (χ3v) is 4.99. The summed E-state index contributed by atoms with van der Waals surface area (Å²) in [6.07, 6.45) is -5.84. The SMILES string of the molecule is O=C(Cn1ccc2ncc(-c3cccc(C(F)(F)F)c3F)cc21)N1CCC1.O=C(O)C(F)(F)F. The molecule has 34 heavy (non-hydrogen) atoms. The van der Waals surface area contributed by atoms with Crippen LogP contribution in [0.25, 0.3) is 22.2 Å². The van der Waals surface area contributed by atoms with Gasteiger partial charge in [0.05, 0.1) is 16.6 Å². The second-order valence-electron chi connectivity index (χ2n) is 7.27. The number of rotatable bonds is 3. The van der Waals surface area contributed by atoms with Crippen molar-refractivity contribution in [2.24, 2.45) is 0 Å². The fraction of sp³-hybridized carbons (Fsp3) is 0.286. The molecule has 0 unspecified atom stereocenters. The molecule has 1 amide bonds. The predicted molar refractivity (Wildman–Crippen MR) is 105 cm³/mol. The van der Waals surface area contributed by atoms with Gasteiger partial charge >= 0.3 is 18.3 Å². The van der Waals surface area contributed by atoms with E-state index in [1.54, 1.807) is 27.8 Å². The Morgan fingerprint density at radius 1 is 1.06 bits per heavy atom. The van der Waals surface area contributed by atoms with E-state index in [1.807, 2.05) is 0 Å². The van der Waals surface area contributed by atoms with Crippen molar-refractivity contribution in [1.82, 2.24) is 14.5 Å². The van der Waals surface area contributed by atoms with Crippen LogP contribution in [-0.4, -0.2) is 50.7 Å². The topological polar surface area (TPSA) is 75.4 Å². The van der Waals surface area contributed by atoms with Gasteiger partial charge in [-0.3, -0.25) is 9.78 Å². The number of pyridine rings is 1. The highest BCUT2D eigenvalue weighted by molar-refractivity contribution is 5.84. The van der Waals surface area contributed by atoms with Gasteiger partial charge in [0.2, 0.25) is 5.91 Å². The van der Waals surface area contributed by atoms with E-state index in [-0.39, 0.29) is 23.6 Å². The van der Waals surface area contributed by atoms with E-state index in [4.69, 9.17) is 9.90 Å². The molecule has 1 aliphatic rings. The summed E-state index contributed by atoms with van der Waals surface area (Å²) in [5, 5.41) is 7.12. The van der Waals surface area contributed by atoms with Crippen molar-refractivity contribution in [2.45, 2.75) is 25.3 Å². The Morgan fingerprint density at radius 3 is 2.24 bits per heavy atom. The Kier molecular flexibility index (Phi) is 6.84. The first-order chi connectivity index (χ1) is 15.8. The first-order valence-electron chi connectivity index (χ1n) is 9.68. The molecule has 0 radical (unpaired) electrons. The number of amides is 1. The molecule has 182 valence electrons. The number of nitrogens with zero attached hydrogens (tertiary/aromatic N) is 3. The minimum Gasteiger partial charge on any atom is -0.475 e. The molecule has 0 saturated carbocycles. The zero-order valence-corrected chi connectivity index (χ0v) is 17.1. The maximum atomic E-state index is 14.4. The quantitative estimate of drug-likeness (QED) is 0.538. The van der Waals surface area contributed by atoms with Gasteiger partial charge in [-0.25, -0.2) is 9.18 Å². The Balaban J connectivity index is 0.000000406. The van der Waals surface area contributed by atoms with Crippen LogP contribution in [0.15, 0.2) is 42.7 Å². The molecule has 1 fully saturated rings. The van der Waals surface area contributed by atoms with E-state index in [0.29, 0.717) is 17.1 Å². The number of aliphatic carboxylic acids is 1. The van der Waals surface area contributed by atoms with Gasteiger partial charge in [-0.05, 0) is 24.6 Å². The number of hydrogen-bond donors (Lipinski definition) is 1. The van der Waals surface area contributed by atoms with Gasteiger partial charge in [-0.15, -0.1) is 0 Å². The van der Waals surface area contributed by atoms with Crippen molar-refractivity contribution in [2.75, 3.05) is 13.1 Å². The van der Waals surface area contributed by atoms with E-state index in [0.717, 1.165) is 25.6 Å².